The van der Waals surface area contributed by atoms with E-state index in [4.69, 9.17) is 4.74 Å². The summed E-state index contributed by atoms with van der Waals surface area (Å²) in [6.07, 6.45) is -0.0872. The number of hydrogen-bond acceptors (Lipinski definition) is 5. The van der Waals surface area contributed by atoms with Crippen molar-refractivity contribution in [3.8, 4) is 0 Å². The van der Waals surface area contributed by atoms with Gasteiger partial charge in [0.05, 0.1) is 24.3 Å². The summed E-state index contributed by atoms with van der Waals surface area (Å²) in [5.41, 5.74) is 0.539. The van der Waals surface area contributed by atoms with Crippen LogP contribution in [0.4, 0.5) is 14.5 Å². The summed E-state index contributed by atoms with van der Waals surface area (Å²) >= 11 is 4.56. The zero-order valence-electron chi connectivity index (χ0n) is 15.5. The topological polar surface area (TPSA) is 59.5 Å². The molecule has 0 radical (unpaired) electrons. The molecule has 0 saturated carbocycles. The lowest BCUT2D eigenvalue weighted by molar-refractivity contribution is -0.144. The molecular weight excluding hydrogens is 466 g/mol. The summed E-state index contributed by atoms with van der Waals surface area (Å²) in [6.45, 7) is 2.01. The van der Waals surface area contributed by atoms with Gasteiger partial charge in [-0.2, -0.15) is 0 Å². The summed E-state index contributed by atoms with van der Waals surface area (Å²) in [4.78, 5) is 30.1. The first kappa shape index (κ1) is 21.3. The molecule has 0 bridgehead atoms. The molecule has 152 valence electrons. The van der Waals surface area contributed by atoms with Gasteiger partial charge >= 0.3 is 5.97 Å². The maximum atomic E-state index is 14.0. The first-order valence-corrected chi connectivity index (χ1v) is 10.4. The second kappa shape index (κ2) is 9.41. The van der Waals surface area contributed by atoms with E-state index in [1.165, 1.54) is 22.3 Å². The Bertz CT molecular complexity index is 1060. The van der Waals surface area contributed by atoms with E-state index in [-0.39, 0.29) is 37.4 Å². The van der Waals surface area contributed by atoms with E-state index in [1.54, 1.807) is 25.1 Å². The molecule has 29 heavy (non-hydrogen) atoms. The second-order valence-electron chi connectivity index (χ2n) is 6.08. The van der Waals surface area contributed by atoms with Gasteiger partial charge in [-0.05, 0) is 37.3 Å². The monoisotopic (exact) mass is 482 g/mol. The van der Waals surface area contributed by atoms with Crippen LogP contribution in [0.25, 0.3) is 10.2 Å². The predicted octanol–water partition coefficient (Wildman–Crippen LogP) is 5.21. The van der Waals surface area contributed by atoms with Crippen molar-refractivity contribution in [3.05, 3.63) is 57.5 Å². The minimum atomic E-state index is -1.01. The van der Waals surface area contributed by atoms with Crippen molar-refractivity contribution < 1.29 is 23.1 Å². The highest BCUT2D eigenvalue weighted by molar-refractivity contribution is 9.10. The third kappa shape index (κ3) is 5.16. The summed E-state index contributed by atoms with van der Waals surface area (Å²) in [6, 6.07) is 9.62. The highest BCUT2D eigenvalue weighted by Gasteiger charge is 2.21. The van der Waals surface area contributed by atoms with Crippen LogP contribution in [0, 0.1) is 11.6 Å². The molecule has 0 unspecified atom stereocenters. The summed E-state index contributed by atoms with van der Waals surface area (Å²) in [5.74, 6) is -2.73. The molecule has 1 amide bonds. The molecule has 0 saturated heterocycles. The molecule has 9 heteroatoms. The van der Waals surface area contributed by atoms with Crippen molar-refractivity contribution in [3.63, 3.8) is 0 Å². The number of halogens is 3. The first-order chi connectivity index (χ1) is 13.9. The van der Waals surface area contributed by atoms with Gasteiger partial charge in [0, 0.05) is 16.6 Å². The zero-order valence-corrected chi connectivity index (χ0v) is 17.9. The van der Waals surface area contributed by atoms with Gasteiger partial charge in [-0.25, -0.2) is 13.8 Å². The smallest absolute Gasteiger partial charge is 0.306 e. The highest BCUT2D eigenvalue weighted by atomic mass is 79.9. The van der Waals surface area contributed by atoms with E-state index in [1.807, 2.05) is 6.07 Å². The Hall–Kier alpha value is -2.39. The molecule has 1 aromatic heterocycles. The van der Waals surface area contributed by atoms with Crippen LogP contribution in [-0.2, 0) is 20.9 Å². The van der Waals surface area contributed by atoms with E-state index in [9.17, 15) is 18.4 Å². The molecular formula is C20H17BrF2N2O3S. The third-order valence-corrected chi connectivity index (χ3v) is 5.56. The number of carbonyl (C=O) groups excluding carboxylic acids is 2. The van der Waals surface area contributed by atoms with Gasteiger partial charge in [0.15, 0.2) is 11.6 Å². The maximum Gasteiger partial charge on any atom is 0.306 e. The summed E-state index contributed by atoms with van der Waals surface area (Å²) in [7, 11) is 0. The van der Waals surface area contributed by atoms with Crippen LogP contribution in [0.1, 0.15) is 24.8 Å². The number of nitrogens with zero attached hydrogens (tertiary/aromatic N) is 2. The van der Waals surface area contributed by atoms with Gasteiger partial charge in [-0.15, -0.1) is 11.3 Å². The fourth-order valence-corrected chi connectivity index (χ4v) is 4.07. The Morgan fingerprint density at radius 1 is 1.21 bits per heavy atom. The molecule has 3 aromatic rings. The summed E-state index contributed by atoms with van der Waals surface area (Å²) < 4.78 is 33.6. The molecule has 0 atom stereocenters. The lowest BCUT2D eigenvalue weighted by Gasteiger charge is -2.22. The number of aromatic nitrogens is 1. The number of benzene rings is 2. The molecule has 3 rings (SSSR count). The number of ether oxygens (including phenoxy) is 1. The van der Waals surface area contributed by atoms with Gasteiger partial charge in [-0.3, -0.25) is 9.59 Å². The largest absolute Gasteiger partial charge is 0.466 e. The van der Waals surface area contributed by atoms with Crippen LogP contribution in [0.3, 0.4) is 0 Å². The van der Waals surface area contributed by atoms with Crippen LogP contribution < -0.4 is 4.90 Å². The summed E-state index contributed by atoms with van der Waals surface area (Å²) in [5, 5.41) is 0.453. The maximum absolute atomic E-state index is 14.0. The minimum Gasteiger partial charge on any atom is -0.466 e. The molecule has 0 spiro atoms. The number of carbonyl (C=O) groups is 2. The number of amides is 1. The number of fused-ring (bicyclic) bond motifs is 1. The standard InChI is InChI=1S/C20H17BrF2N2O3S/c1-2-28-18(27)9-8-17(26)25(13-5-3-4-12(21)10-13)11-16-24-20-15(29-16)7-6-14(22)19(20)23/h3-7,10H,2,8-9,11H2,1H3. The fourth-order valence-electron chi connectivity index (χ4n) is 2.73. The van der Waals surface area contributed by atoms with Crippen LogP contribution in [0.5, 0.6) is 0 Å². The van der Waals surface area contributed by atoms with Gasteiger partial charge < -0.3 is 9.64 Å². The second-order valence-corrected chi connectivity index (χ2v) is 8.11. The first-order valence-electron chi connectivity index (χ1n) is 8.84. The van der Waals surface area contributed by atoms with Crippen LogP contribution in [0.2, 0.25) is 0 Å². The van der Waals surface area contributed by atoms with Gasteiger partial charge in [0.1, 0.15) is 10.5 Å². The van der Waals surface area contributed by atoms with Gasteiger partial charge in [0.2, 0.25) is 5.91 Å². The molecule has 0 aliphatic rings. The Morgan fingerprint density at radius 2 is 2.00 bits per heavy atom. The molecule has 5 nitrogen and oxygen atoms in total. The van der Waals surface area contributed by atoms with Gasteiger partial charge in [-0.1, -0.05) is 22.0 Å². The van der Waals surface area contributed by atoms with E-state index in [2.05, 4.69) is 20.9 Å². The van der Waals surface area contributed by atoms with Gasteiger partial charge in [0.25, 0.3) is 0 Å². The Kier molecular flexibility index (Phi) is 6.92. The SMILES string of the molecule is CCOC(=O)CCC(=O)N(Cc1nc2c(F)c(F)ccc2s1)c1cccc(Br)c1. The van der Waals surface area contributed by atoms with Crippen molar-refractivity contribution in [2.45, 2.75) is 26.3 Å². The lowest BCUT2D eigenvalue weighted by Crippen LogP contribution is -2.30. The van der Waals surface area contributed by atoms with Crippen LogP contribution >= 0.6 is 27.3 Å². The Labute approximate surface area is 178 Å². The average Bonchev–Trinajstić information content (AvgIpc) is 3.11. The van der Waals surface area contributed by atoms with Crippen molar-refractivity contribution in [1.82, 2.24) is 4.98 Å². The Morgan fingerprint density at radius 3 is 2.72 bits per heavy atom. The van der Waals surface area contributed by atoms with Crippen LogP contribution in [-0.4, -0.2) is 23.5 Å². The minimum absolute atomic E-state index is 0.0424. The number of esters is 1. The molecule has 0 aliphatic heterocycles. The quantitative estimate of drug-likeness (QED) is 0.433. The molecule has 0 fully saturated rings. The van der Waals surface area contributed by atoms with E-state index in [0.29, 0.717) is 15.4 Å². The number of thiazole rings is 1. The van der Waals surface area contributed by atoms with E-state index >= 15 is 0 Å². The van der Waals surface area contributed by atoms with Crippen LogP contribution in [0.15, 0.2) is 40.9 Å². The van der Waals surface area contributed by atoms with Crippen molar-refractivity contribution in [1.29, 1.82) is 0 Å². The van der Waals surface area contributed by atoms with Crippen molar-refractivity contribution in [2.24, 2.45) is 0 Å². The number of rotatable bonds is 7. The molecule has 0 aliphatic carbocycles. The number of hydrogen-bond donors (Lipinski definition) is 0. The van der Waals surface area contributed by atoms with Crippen molar-refractivity contribution >= 4 is 55.0 Å². The molecule has 1 heterocycles. The Balaban J connectivity index is 1.88. The number of anilines is 1. The molecule has 2 aromatic carbocycles. The normalized spacial score (nSPS) is 10.9. The molecule has 0 N–H and O–H groups in total. The highest BCUT2D eigenvalue weighted by Crippen LogP contribution is 2.29. The fraction of sp³-hybridized carbons (Fsp3) is 0.250. The van der Waals surface area contributed by atoms with E-state index < -0.39 is 17.6 Å². The zero-order chi connectivity index (χ0) is 21.0. The average molecular weight is 483 g/mol. The predicted molar refractivity (Wildman–Crippen MR) is 111 cm³/mol. The van der Waals surface area contributed by atoms with Crippen molar-refractivity contribution in [2.75, 3.05) is 11.5 Å². The third-order valence-electron chi connectivity index (χ3n) is 4.06. The lowest BCUT2D eigenvalue weighted by atomic mass is 10.2. The van der Waals surface area contributed by atoms with E-state index in [0.717, 1.165) is 10.5 Å².